The van der Waals surface area contributed by atoms with Crippen molar-refractivity contribution in [3.05, 3.63) is 64.7 Å². The van der Waals surface area contributed by atoms with Crippen molar-refractivity contribution in [1.82, 2.24) is 9.88 Å². The van der Waals surface area contributed by atoms with E-state index in [1.54, 1.807) is 23.7 Å². The van der Waals surface area contributed by atoms with Crippen molar-refractivity contribution in [3.8, 4) is 0 Å². The Kier molecular flexibility index (Phi) is 4.42. The van der Waals surface area contributed by atoms with Gasteiger partial charge in [-0.15, -0.1) is 11.3 Å². The van der Waals surface area contributed by atoms with E-state index in [0.717, 1.165) is 35.2 Å². The molecule has 132 valence electrons. The van der Waals surface area contributed by atoms with Crippen molar-refractivity contribution in [2.75, 3.05) is 13.1 Å². The van der Waals surface area contributed by atoms with Crippen LogP contribution in [0.2, 0.25) is 0 Å². The number of carboxylic acid groups (broad SMARTS) is 1. The van der Waals surface area contributed by atoms with E-state index < -0.39 is 5.97 Å². The second-order valence-electron chi connectivity index (χ2n) is 6.56. The van der Waals surface area contributed by atoms with Gasteiger partial charge in [0.15, 0.2) is 0 Å². The van der Waals surface area contributed by atoms with E-state index in [1.807, 2.05) is 29.2 Å². The second-order valence-corrected chi connectivity index (χ2v) is 7.44. The predicted molar refractivity (Wildman–Crippen MR) is 101 cm³/mol. The highest BCUT2D eigenvalue weighted by Crippen LogP contribution is 2.29. The van der Waals surface area contributed by atoms with Crippen molar-refractivity contribution in [2.45, 2.75) is 18.8 Å². The molecule has 6 heteroatoms. The van der Waals surface area contributed by atoms with Crippen molar-refractivity contribution in [1.29, 1.82) is 0 Å². The number of carbonyl (C=O) groups excluding carboxylic acids is 1. The van der Waals surface area contributed by atoms with Gasteiger partial charge < -0.3 is 10.0 Å². The first kappa shape index (κ1) is 16.7. The molecule has 1 saturated heterocycles. The van der Waals surface area contributed by atoms with E-state index in [4.69, 9.17) is 0 Å². The Morgan fingerprint density at radius 1 is 1.15 bits per heavy atom. The Labute approximate surface area is 154 Å². The minimum atomic E-state index is -0.923. The zero-order valence-corrected chi connectivity index (χ0v) is 14.9. The number of aromatic nitrogens is 1. The standard InChI is InChI=1S/C20H18N2O3S/c23-19(14-6-7-17-18(10-14)26-12-21-17)22-8-2-5-16(11-22)13-3-1-4-15(9-13)20(24)25/h1,3-4,6-7,9-10,12,16H,2,5,8,11H2,(H,24,25)/t16-/m0/s1. The van der Waals surface area contributed by atoms with Gasteiger partial charge in [-0.25, -0.2) is 9.78 Å². The summed E-state index contributed by atoms with van der Waals surface area (Å²) in [4.78, 5) is 30.3. The van der Waals surface area contributed by atoms with Crippen LogP contribution >= 0.6 is 11.3 Å². The molecule has 2 heterocycles. The maximum atomic E-state index is 12.9. The number of aromatic carboxylic acids is 1. The predicted octanol–water partition coefficient (Wildman–Crippen LogP) is 4.01. The number of benzene rings is 2. The molecule has 0 aliphatic carbocycles. The first-order valence-electron chi connectivity index (χ1n) is 8.57. The number of fused-ring (bicyclic) bond motifs is 1. The van der Waals surface area contributed by atoms with Crippen LogP contribution in [0.4, 0.5) is 0 Å². The fourth-order valence-electron chi connectivity index (χ4n) is 3.53. The van der Waals surface area contributed by atoms with E-state index in [0.29, 0.717) is 17.7 Å². The van der Waals surface area contributed by atoms with Crippen LogP contribution in [0.1, 0.15) is 45.0 Å². The number of piperidine rings is 1. The molecule has 0 unspecified atom stereocenters. The molecule has 1 fully saturated rings. The van der Waals surface area contributed by atoms with Gasteiger partial charge >= 0.3 is 5.97 Å². The van der Waals surface area contributed by atoms with E-state index in [9.17, 15) is 14.7 Å². The summed E-state index contributed by atoms with van der Waals surface area (Å²) >= 11 is 1.53. The Balaban J connectivity index is 1.55. The third-order valence-electron chi connectivity index (χ3n) is 4.89. The van der Waals surface area contributed by atoms with Gasteiger partial charge in [-0.2, -0.15) is 0 Å². The normalized spacial score (nSPS) is 17.4. The molecule has 1 aromatic heterocycles. The molecule has 26 heavy (non-hydrogen) atoms. The molecule has 4 rings (SSSR count). The van der Waals surface area contributed by atoms with E-state index in [2.05, 4.69) is 4.98 Å². The van der Waals surface area contributed by atoms with E-state index >= 15 is 0 Å². The third kappa shape index (κ3) is 3.20. The third-order valence-corrected chi connectivity index (χ3v) is 5.68. The van der Waals surface area contributed by atoms with Crippen LogP contribution in [-0.2, 0) is 0 Å². The largest absolute Gasteiger partial charge is 0.478 e. The van der Waals surface area contributed by atoms with Crippen LogP contribution in [0.25, 0.3) is 10.2 Å². The summed E-state index contributed by atoms with van der Waals surface area (Å²) in [6.07, 6.45) is 1.87. The molecular formula is C20H18N2O3S. The first-order valence-corrected chi connectivity index (χ1v) is 9.45. The maximum Gasteiger partial charge on any atom is 0.335 e. The number of carbonyl (C=O) groups is 2. The SMILES string of the molecule is O=C(O)c1cccc([C@H]2CCCN(C(=O)c3ccc4ncsc4c3)C2)c1. The quantitative estimate of drug-likeness (QED) is 0.760. The van der Waals surface area contributed by atoms with Gasteiger partial charge in [-0.05, 0) is 48.7 Å². The van der Waals surface area contributed by atoms with Crippen molar-refractivity contribution >= 4 is 33.4 Å². The average Bonchev–Trinajstić information content (AvgIpc) is 3.15. The van der Waals surface area contributed by atoms with Gasteiger partial charge in [0.05, 0.1) is 21.3 Å². The summed E-state index contributed by atoms with van der Waals surface area (Å²) in [5, 5.41) is 9.20. The molecule has 2 aromatic carbocycles. The lowest BCUT2D eigenvalue weighted by atomic mass is 9.89. The lowest BCUT2D eigenvalue weighted by Crippen LogP contribution is -2.39. The smallest absolute Gasteiger partial charge is 0.335 e. The number of thiazole rings is 1. The van der Waals surface area contributed by atoms with Crippen LogP contribution < -0.4 is 0 Å². The van der Waals surface area contributed by atoms with Gasteiger partial charge in [0.2, 0.25) is 0 Å². The Bertz CT molecular complexity index is 982. The van der Waals surface area contributed by atoms with Gasteiger partial charge in [-0.3, -0.25) is 4.79 Å². The van der Waals surface area contributed by atoms with Crippen LogP contribution in [0.15, 0.2) is 48.0 Å². The zero-order chi connectivity index (χ0) is 18.1. The molecule has 5 nitrogen and oxygen atoms in total. The molecule has 0 radical (unpaired) electrons. The van der Waals surface area contributed by atoms with Gasteiger partial charge in [0.1, 0.15) is 0 Å². The van der Waals surface area contributed by atoms with Gasteiger partial charge in [0, 0.05) is 24.6 Å². The number of likely N-dealkylation sites (tertiary alicyclic amines) is 1. The number of amides is 1. The minimum Gasteiger partial charge on any atom is -0.478 e. The molecule has 1 aliphatic heterocycles. The highest BCUT2D eigenvalue weighted by Gasteiger charge is 2.26. The van der Waals surface area contributed by atoms with Crippen molar-refractivity contribution in [2.24, 2.45) is 0 Å². The number of hydrogen-bond donors (Lipinski definition) is 1. The molecule has 0 bridgehead atoms. The van der Waals surface area contributed by atoms with Crippen molar-refractivity contribution in [3.63, 3.8) is 0 Å². The summed E-state index contributed by atoms with van der Waals surface area (Å²) in [6, 6.07) is 12.7. The number of carboxylic acids is 1. The monoisotopic (exact) mass is 366 g/mol. The number of rotatable bonds is 3. The highest BCUT2D eigenvalue weighted by molar-refractivity contribution is 7.16. The molecule has 0 saturated carbocycles. The minimum absolute atomic E-state index is 0.0272. The molecule has 1 atom stereocenters. The number of nitrogens with zero attached hydrogens (tertiary/aromatic N) is 2. The first-order chi connectivity index (χ1) is 12.6. The van der Waals surface area contributed by atoms with Crippen molar-refractivity contribution < 1.29 is 14.7 Å². The fraction of sp³-hybridized carbons (Fsp3) is 0.250. The van der Waals surface area contributed by atoms with Crippen LogP contribution in [0, 0.1) is 0 Å². The maximum absolute atomic E-state index is 12.9. The Morgan fingerprint density at radius 2 is 2.04 bits per heavy atom. The summed E-state index contributed by atoms with van der Waals surface area (Å²) in [5.41, 5.74) is 4.66. The van der Waals surface area contributed by atoms with E-state index in [1.165, 1.54) is 11.3 Å². The topological polar surface area (TPSA) is 70.5 Å². The number of hydrogen-bond acceptors (Lipinski definition) is 4. The lowest BCUT2D eigenvalue weighted by molar-refractivity contribution is 0.0688. The molecular weight excluding hydrogens is 348 g/mol. The lowest BCUT2D eigenvalue weighted by Gasteiger charge is -2.33. The highest BCUT2D eigenvalue weighted by atomic mass is 32.1. The fourth-order valence-corrected chi connectivity index (χ4v) is 4.25. The Hall–Kier alpha value is -2.73. The molecule has 1 amide bonds. The average molecular weight is 366 g/mol. The molecule has 1 N–H and O–H groups in total. The molecule has 0 spiro atoms. The molecule has 3 aromatic rings. The van der Waals surface area contributed by atoms with Gasteiger partial charge in [0.25, 0.3) is 5.91 Å². The van der Waals surface area contributed by atoms with Crippen LogP contribution in [-0.4, -0.2) is 40.0 Å². The summed E-state index contributed by atoms with van der Waals surface area (Å²) in [7, 11) is 0. The Morgan fingerprint density at radius 3 is 2.88 bits per heavy atom. The molecule has 1 aliphatic rings. The summed E-state index contributed by atoms with van der Waals surface area (Å²) in [5.74, 6) is -0.730. The van der Waals surface area contributed by atoms with Gasteiger partial charge in [-0.1, -0.05) is 12.1 Å². The van der Waals surface area contributed by atoms with Crippen LogP contribution in [0.3, 0.4) is 0 Å². The zero-order valence-electron chi connectivity index (χ0n) is 14.1. The second kappa shape index (κ2) is 6.88. The van der Waals surface area contributed by atoms with E-state index in [-0.39, 0.29) is 11.8 Å². The summed E-state index contributed by atoms with van der Waals surface area (Å²) in [6.45, 7) is 1.34. The van der Waals surface area contributed by atoms with Crippen LogP contribution in [0.5, 0.6) is 0 Å². The summed E-state index contributed by atoms with van der Waals surface area (Å²) < 4.78 is 1.01.